The number of aromatic nitrogens is 3. The van der Waals surface area contributed by atoms with Crippen molar-refractivity contribution in [1.29, 1.82) is 0 Å². The summed E-state index contributed by atoms with van der Waals surface area (Å²) in [6.45, 7) is 3.79. The molecule has 10 heteroatoms. The Balaban J connectivity index is 1.32. The van der Waals surface area contributed by atoms with Gasteiger partial charge in [-0.05, 0) is 34.7 Å². The normalized spacial score (nSPS) is 18.4. The van der Waals surface area contributed by atoms with Crippen LogP contribution in [0.5, 0.6) is 0 Å². The summed E-state index contributed by atoms with van der Waals surface area (Å²) in [4.78, 5) is 41.1. The van der Waals surface area contributed by atoms with Crippen LogP contribution in [0, 0.1) is 5.92 Å². The number of nitrogens with one attached hydrogen (secondary N) is 1. The highest BCUT2D eigenvalue weighted by atomic mass is 16.3. The lowest BCUT2D eigenvalue weighted by molar-refractivity contribution is -0.143. The van der Waals surface area contributed by atoms with E-state index in [1.54, 1.807) is 4.68 Å². The Morgan fingerprint density at radius 1 is 0.976 bits per heavy atom. The molecule has 4 N–H and O–H groups in total. The number of rotatable bonds is 9. The van der Waals surface area contributed by atoms with Crippen LogP contribution >= 0.6 is 0 Å². The molecule has 212 valence electrons. The van der Waals surface area contributed by atoms with Gasteiger partial charge in [0, 0.05) is 19.4 Å². The molecule has 0 aliphatic carbocycles. The molecule has 1 aromatic heterocycles. The third-order valence-corrected chi connectivity index (χ3v) is 7.55. The van der Waals surface area contributed by atoms with E-state index in [2.05, 4.69) is 15.6 Å². The third-order valence-electron chi connectivity index (χ3n) is 7.55. The van der Waals surface area contributed by atoms with Crippen molar-refractivity contribution < 1.29 is 19.5 Å². The van der Waals surface area contributed by atoms with Gasteiger partial charge in [-0.2, -0.15) is 0 Å². The third kappa shape index (κ3) is 5.97. The summed E-state index contributed by atoms with van der Waals surface area (Å²) >= 11 is 0. The van der Waals surface area contributed by atoms with Gasteiger partial charge in [0.25, 0.3) is 0 Å². The monoisotopic (exact) mass is 554 g/mol. The molecular formula is C31H34N6O4. The van der Waals surface area contributed by atoms with Crippen molar-refractivity contribution in [3.05, 3.63) is 84.4 Å². The van der Waals surface area contributed by atoms with E-state index < -0.39 is 36.0 Å². The summed E-state index contributed by atoms with van der Waals surface area (Å²) in [5.74, 6) is -1.74. The second-order valence-electron chi connectivity index (χ2n) is 10.8. The molecule has 4 atom stereocenters. The summed E-state index contributed by atoms with van der Waals surface area (Å²) in [5.41, 5.74) is 9.96. The standard InChI is InChI=1S/C31H34N6O4/c1-19(2)28(37-26-11-7-6-10-24(26)34-35-37)31(41)36-18-23(38)17-27(36)30(40)33-25(29(32)39)16-20-12-14-22(15-13-20)21-8-4-3-5-9-21/h3-15,19,23,25,27-28,38H,16-18H2,1-2H3,(H2,32,39)(H,33,40)/t23-,25?,27+,28?/m1/s1. The predicted molar refractivity (Wildman–Crippen MR) is 154 cm³/mol. The molecule has 3 amide bonds. The maximum atomic E-state index is 13.9. The van der Waals surface area contributed by atoms with Gasteiger partial charge >= 0.3 is 0 Å². The highest BCUT2D eigenvalue weighted by molar-refractivity contribution is 5.93. The molecule has 1 aliphatic heterocycles. The number of nitrogens with zero attached hydrogens (tertiary/aromatic N) is 4. The zero-order chi connectivity index (χ0) is 29.1. The number of hydrogen-bond donors (Lipinski definition) is 3. The van der Waals surface area contributed by atoms with Crippen LogP contribution in [0.1, 0.15) is 31.9 Å². The zero-order valence-corrected chi connectivity index (χ0v) is 23.1. The SMILES string of the molecule is CC(C)C(C(=O)N1C[C@H](O)C[C@H]1C(=O)NC(Cc1ccc(-c2ccccc2)cc1)C(N)=O)n1nnc2ccccc21. The summed E-state index contributed by atoms with van der Waals surface area (Å²) in [5, 5.41) is 21.6. The number of hydrogen-bond acceptors (Lipinski definition) is 6. The van der Waals surface area contributed by atoms with Crippen LogP contribution in [0.15, 0.2) is 78.9 Å². The minimum absolute atomic E-state index is 0.00500. The molecule has 2 heterocycles. The number of fused-ring (bicyclic) bond motifs is 1. The van der Waals surface area contributed by atoms with E-state index in [4.69, 9.17) is 5.73 Å². The van der Waals surface area contributed by atoms with Crippen LogP contribution in [-0.2, 0) is 20.8 Å². The first-order valence-corrected chi connectivity index (χ1v) is 13.8. The van der Waals surface area contributed by atoms with E-state index in [1.807, 2.05) is 92.7 Å². The van der Waals surface area contributed by atoms with Crippen LogP contribution in [0.3, 0.4) is 0 Å². The lowest BCUT2D eigenvalue weighted by atomic mass is 10.00. The molecule has 1 saturated heterocycles. The summed E-state index contributed by atoms with van der Waals surface area (Å²) in [6.07, 6.45) is -0.635. The molecule has 2 unspecified atom stereocenters. The second-order valence-corrected chi connectivity index (χ2v) is 10.8. The Kier molecular flexibility index (Phi) is 8.11. The Morgan fingerprint density at radius 3 is 2.32 bits per heavy atom. The largest absolute Gasteiger partial charge is 0.391 e. The summed E-state index contributed by atoms with van der Waals surface area (Å²) in [7, 11) is 0. The van der Waals surface area contributed by atoms with Crippen molar-refractivity contribution in [2.45, 2.75) is 50.9 Å². The van der Waals surface area contributed by atoms with Crippen molar-refractivity contribution in [3.63, 3.8) is 0 Å². The van der Waals surface area contributed by atoms with Crippen LogP contribution in [0.25, 0.3) is 22.2 Å². The fourth-order valence-corrected chi connectivity index (χ4v) is 5.43. The minimum Gasteiger partial charge on any atom is -0.391 e. The minimum atomic E-state index is -0.986. The Bertz CT molecular complexity index is 1540. The Labute approximate surface area is 238 Å². The number of carbonyl (C=O) groups is 3. The average Bonchev–Trinajstić information content (AvgIpc) is 3.57. The van der Waals surface area contributed by atoms with Gasteiger partial charge in [-0.25, -0.2) is 4.68 Å². The summed E-state index contributed by atoms with van der Waals surface area (Å²) in [6, 6.07) is 22.3. The number of nitrogens with two attached hydrogens (primary N) is 1. The number of primary amides is 1. The Hall–Kier alpha value is -4.57. The molecule has 1 fully saturated rings. The first-order chi connectivity index (χ1) is 19.7. The van der Waals surface area contributed by atoms with Gasteiger partial charge in [0.15, 0.2) is 0 Å². The number of carbonyl (C=O) groups excluding carboxylic acids is 3. The van der Waals surface area contributed by atoms with Gasteiger partial charge in [0.1, 0.15) is 23.6 Å². The maximum Gasteiger partial charge on any atom is 0.248 e. The molecule has 5 rings (SSSR count). The van der Waals surface area contributed by atoms with Crippen molar-refractivity contribution in [2.75, 3.05) is 6.54 Å². The predicted octanol–water partition coefficient (Wildman–Crippen LogP) is 2.47. The van der Waals surface area contributed by atoms with Crippen molar-refractivity contribution >= 4 is 28.8 Å². The maximum absolute atomic E-state index is 13.9. The molecule has 10 nitrogen and oxygen atoms in total. The van der Waals surface area contributed by atoms with E-state index in [0.717, 1.165) is 16.7 Å². The highest BCUT2D eigenvalue weighted by Crippen LogP contribution is 2.29. The van der Waals surface area contributed by atoms with Crippen LogP contribution in [-0.4, -0.2) is 67.5 Å². The molecule has 1 aliphatic rings. The van der Waals surface area contributed by atoms with Crippen LogP contribution in [0.4, 0.5) is 0 Å². The van der Waals surface area contributed by atoms with Gasteiger partial charge in [-0.3, -0.25) is 14.4 Å². The Morgan fingerprint density at radius 2 is 1.63 bits per heavy atom. The van der Waals surface area contributed by atoms with Crippen LogP contribution in [0.2, 0.25) is 0 Å². The molecular weight excluding hydrogens is 520 g/mol. The summed E-state index contributed by atoms with van der Waals surface area (Å²) < 4.78 is 1.58. The van der Waals surface area contributed by atoms with E-state index in [-0.39, 0.29) is 31.2 Å². The van der Waals surface area contributed by atoms with E-state index >= 15 is 0 Å². The van der Waals surface area contributed by atoms with Gasteiger partial charge < -0.3 is 21.1 Å². The number of benzene rings is 3. The lowest BCUT2D eigenvalue weighted by Gasteiger charge is -2.30. The molecule has 0 radical (unpaired) electrons. The lowest BCUT2D eigenvalue weighted by Crippen LogP contribution is -2.54. The van der Waals surface area contributed by atoms with Gasteiger partial charge in [-0.1, -0.05) is 85.8 Å². The first-order valence-electron chi connectivity index (χ1n) is 13.8. The fraction of sp³-hybridized carbons (Fsp3) is 0.323. The van der Waals surface area contributed by atoms with Gasteiger partial charge in [-0.15, -0.1) is 5.10 Å². The average molecular weight is 555 g/mol. The molecule has 0 bridgehead atoms. The number of amides is 3. The smallest absolute Gasteiger partial charge is 0.248 e. The topological polar surface area (TPSA) is 143 Å². The number of aliphatic hydroxyl groups is 1. The zero-order valence-electron chi connectivity index (χ0n) is 23.1. The van der Waals surface area contributed by atoms with Gasteiger partial charge in [0.2, 0.25) is 17.7 Å². The van der Waals surface area contributed by atoms with E-state index in [9.17, 15) is 19.5 Å². The molecule has 41 heavy (non-hydrogen) atoms. The van der Waals surface area contributed by atoms with Crippen molar-refractivity contribution in [1.82, 2.24) is 25.2 Å². The molecule has 0 saturated carbocycles. The van der Waals surface area contributed by atoms with Crippen molar-refractivity contribution in [2.24, 2.45) is 11.7 Å². The van der Waals surface area contributed by atoms with Crippen molar-refractivity contribution in [3.8, 4) is 11.1 Å². The highest BCUT2D eigenvalue weighted by Gasteiger charge is 2.43. The number of likely N-dealkylation sites (tertiary alicyclic amines) is 1. The fourth-order valence-electron chi connectivity index (χ4n) is 5.43. The number of β-amino-alcohol motifs (C(OH)–C–C–N with tert-alkyl or cyclic N) is 1. The van der Waals surface area contributed by atoms with E-state index in [1.165, 1.54) is 4.90 Å². The van der Waals surface area contributed by atoms with Crippen LogP contribution < -0.4 is 11.1 Å². The molecule has 4 aromatic rings. The number of para-hydroxylation sites is 1. The number of aliphatic hydroxyl groups excluding tert-OH is 1. The van der Waals surface area contributed by atoms with Gasteiger partial charge in [0.05, 0.1) is 11.6 Å². The van der Waals surface area contributed by atoms with E-state index in [0.29, 0.717) is 11.0 Å². The quantitative estimate of drug-likeness (QED) is 0.290. The molecule has 3 aromatic carbocycles. The second kappa shape index (κ2) is 11.9. The first kappa shape index (κ1) is 28.0. The molecule has 0 spiro atoms.